The molecule has 0 atom stereocenters. The molecule has 190 valence electrons. The molecule has 1 N–H and O–H groups in total. The molecule has 2 aliphatic heterocycles. The molecule has 2 saturated heterocycles. The molecule has 1 saturated carbocycles. The van der Waals surface area contributed by atoms with Gasteiger partial charge in [-0.3, -0.25) is 9.89 Å². The molecule has 2 aromatic carbocycles. The van der Waals surface area contributed by atoms with Crippen molar-refractivity contribution in [2.24, 2.45) is 5.41 Å². The molecule has 0 bridgehead atoms. The summed E-state index contributed by atoms with van der Waals surface area (Å²) in [6.07, 6.45) is 6.95. The number of nitrogens with zero attached hydrogens (tertiary/aromatic N) is 3. The number of aromatic nitrogens is 3. The summed E-state index contributed by atoms with van der Waals surface area (Å²) in [5.41, 5.74) is 5.19. The Morgan fingerprint density at radius 3 is 2.62 bits per heavy atom. The van der Waals surface area contributed by atoms with Crippen LogP contribution in [-0.4, -0.2) is 51.9 Å². The molecule has 8 heteroatoms. The van der Waals surface area contributed by atoms with Gasteiger partial charge in [-0.25, -0.2) is 8.78 Å². The second-order valence-corrected chi connectivity index (χ2v) is 10.9. The molecule has 37 heavy (non-hydrogen) atoms. The lowest BCUT2D eigenvalue weighted by Crippen LogP contribution is -2.62. The Labute approximate surface area is 212 Å². The monoisotopic (exact) mass is 502 g/mol. The van der Waals surface area contributed by atoms with Crippen LogP contribution in [0.2, 0.25) is 0 Å². The fourth-order valence-electron chi connectivity index (χ4n) is 6.97. The van der Waals surface area contributed by atoms with E-state index in [1.54, 1.807) is 12.3 Å². The number of H-pyrrole nitrogens is 1. The van der Waals surface area contributed by atoms with E-state index in [1.807, 2.05) is 4.90 Å². The van der Waals surface area contributed by atoms with Gasteiger partial charge in [0.2, 0.25) is 5.91 Å². The SMILES string of the molecule is C=CC(=O)N1CC2(CC(c3c(C4CCOCC4)n(-c4ccc(F)c(F)c4)c4cc5cn[nH]c5cc34)C2)C1. The summed E-state index contributed by atoms with van der Waals surface area (Å²) in [6.45, 7) is 6.52. The van der Waals surface area contributed by atoms with Gasteiger partial charge in [0, 0.05) is 65.9 Å². The summed E-state index contributed by atoms with van der Waals surface area (Å²) < 4.78 is 36.3. The molecule has 4 heterocycles. The predicted molar refractivity (Wildman–Crippen MR) is 137 cm³/mol. The number of ether oxygens (including phenoxy) is 1. The highest BCUT2D eigenvalue weighted by Crippen LogP contribution is 2.59. The average Bonchev–Trinajstić information content (AvgIpc) is 3.45. The van der Waals surface area contributed by atoms with Crippen molar-refractivity contribution in [1.29, 1.82) is 0 Å². The number of carbonyl (C=O) groups is 1. The highest BCUT2D eigenvalue weighted by atomic mass is 19.2. The lowest BCUT2D eigenvalue weighted by atomic mass is 9.55. The first-order chi connectivity index (χ1) is 18.0. The Morgan fingerprint density at radius 2 is 1.89 bits per heavy atom. The second kappa shape index (κ2) is 8.25. The van der Waals surface area contributed by atoms with Crippen LogP contribution in [0.25, 0.3) is 27.5 Å². The predicted octanol–water partition coefficient (Wildman–Crippen LogP) is 5.57. The third-order valence-electron chi connectivity index (χ3n) is 8.68. The van der Waals surface area contributed by atoms with Crippen LogP contribution in [-0.2, 0) is 9.53 Å². The van der Waals surface area contributed by atoms with Crippen LogP contribution in [0.3, 0.4) is 0 Å². The zero-order valence-electron chi connectivity index (χ0n) is 20.5. The van der Waals surface area contributed by atoms with E-state index in [0.717, 1.165) is 60.6 Å². The number of fused-ring (bicyclic) bond motifs is 2. The van der Waals surface area contributed by atoms with Crippen molar-refractivity contribution in [3.8, 4) is 5.69 Å². The van der Waals surface area contributed by atoms with Gasteiger partial charge in [0.1, 0.15) is 0 Å². The Balaban J connectivity index is 1.40. The summed E-state index contributed by atoms with van der Waals surface area (Å²) in [5, 5.41) is 9.42. The van der Waals surface area contributed by atoms with Gasteiger partial charge in [-0.15, -0.1) is 0 Å². The number of aromatic amines is 1. The van der Waals surface area contributed by atoms with Crippen molar-refractivity contribution in [3.63, 3.8) is 0 Å². The Morgan fingerprint density at radius 1 is 1.11 bits per heavy atom. The normalized spacial score (nSPS) is 19.9. The van der Waals surface area contributed by atoms with E-state index in [-0.39, 0.29) is 17.2 Å². The van der Waals surface area contributed by atoms with Gasteiger partial charge in [0.05, 0.1) is 17.2 Å². The van der Waals surface area contributed by atoms with Crippen LogP contribution in [0.4, 0.5) is 8.78 Å². The summed E-state index contributed by atoms with van der Waals surface area (Å²) in [5.74, 6) is -1.14. The van der Waals surface area contributed by atoms with Crippen LogP contribution < -0.4 is 0 Å². The first-order valence-corrected chi connectivity index (χ1v) is 12.9. The number of hydrogen-bond acceptors (Lipinski definition) is 3. The van der Waals surface area contributed by atoms with Crippen LogP contribution in [0.15, 0.2) is 49.2 Å². The smallest absolute Gasteiger partial charge is 0.245 e. The van der Waals surface area contributed by atoms with E-state index in [4.69, 9.17) is 4.74 Å². The minimum Gasteiger partial charge on any atom is -0.381 e. The van der Waals surface area contributed by atoms with Crippen LogP contribution >= 0.6 is 0 Å². The Kier molecular flexibility index (Phi) is 5.05. The van der Waals surface area contributed by atoms with Gasteiger partial charge in [0.15, 0.2) is 11.6 Å². The summed E-state index contributed by atoms with van der Waals surface area (Å²) in [7, 11) is 0. The third kappa shape index (κ3) is 3.45. The molecule has 0 unspecified atom stereocenters. The quantitative estimate of drug-likeness (QED) is 0.371. The highest BCUT2D eigenvalue weighted by molar-refractivity contribution is 5.99. The van der Waals surface area contributed by atoms with Crippen molar-refractivity contribution >= 4 is 27.7 Å². The second-order valence-electron chi connectivity index (χ2n) is 10.9. The largest absolute Gasteiger partial charge is 0.381 e. The van der Waals surface area contributed by atoms with Crippen molar-refractivity contribution in [3.05, 3.63) is 72.1 Å². The number of halogens is 2. The molecule has 1 amide bonds. The van der Waals surface area contributed by atoms with E-state index in [1.165, 1.54) is 29.5 Å². The summed E-state index contributed by atoms with van der Waals surface area (Å²) >= 11 is 0. The maximum atomic E-state index is 14.5. The van der Waals surface area contributed by atoms with E-state index in [2.05, 4.69) is 33.5 Å². The van der Waals surface area contributed by atoms with Crippen molar-refractivity contribution < 1.29 is 18.3 Å². The van der Waals surface area contributed by atoms with Crippen molar-refractivity contribution in [2.75, 3.05) is 26.3 Å². The van der Waals surface area contributed by atoms with E-state index < -0.39 is 11.6 Å². The number of rotatable bonds is 4. The molecule has 3 fully saturated rings. The molecule has 7 rings (SSSR count). The number of amides is 1. The Hall–Kier alpha value is -3.52. The topological polar surface area (TPSA) is 63.1 Å². The third-order valence-corrected chi connectivity index (χ3v) is 8.68. The highest BCUT2D eigenvalue weighted by Gasteiger charge is 2.54. The Bertz CT molecular complexity index is 1550. The molecule has 1 spiro atoms. The van der Waals surface area contributed by atoms with Gasteiger partial charge >= 0.3 is 0 Å². The van der Waals surface area contributed by atoms with Crippen molar-refractivity contribution in [2.45, 2.75) is 37.5 Å². The van der Waals surface area contributed by atoms with Crippen LogP contribution in [0, 0.1) is 17.0 Å². The van der Waals surface area contributed by atoms with Gasteiger partial charge in [-0.2, -0.15) is 5.10 Å². The lowest BCUT2D eigenvalue weighted by molar-refractivity contribution is -0.145. The molecule has 0 radical (unpaired) electrons. The number of nitrogens with one attached hydrogen (secondary N) is 1. The maximum Gasteiger partial charge on any atom is 0.245 e. The molecule has 3 aliphatic rings. The number of carbonyl (C=O) groups excluding carboxylic acids is 1. The fraction of sp³-hybridized carbons (Fsp3) is 0.379. The maximum absolute atomic E-state index is 14.5. The van der Waals surface area contributed by atoms with E-state index >= 15 is 0 Å². The van der Waals surface area contributed by atoms with Crippen molar-refractivity contribution in [1.82, 2.24) is 19.7 Å². The first kappa shape index (κ1) is 22.7. The molecular weight excluding hydrogens is 474 g/mol. The zero-order valence-corrected chi connectivity index (χ0v) is 20.5. The van der Waals surface area contributed by atoms with Crippen LogP contribution in [0.1, 0.15) is 48.8 Å². The lowest BCUT2D eigenvalue weighted by Gasteiger charge is -2.59. The number of hydrogen-bond donors (Lipinski definition) is 1. The zero-order chi connectivity index (χ0) is 25.3. The van der Waals surface area contributed by atoms with E-state index in [0.29, 0.717) is 24.8 Å². The van der Waals surface area contributed by atoms with Gasteiger partial charge in [0.25, 0.3) is 0 Å². The minimum absolute atomic E-state index is 0.00598. The first-order valence-electron chi connectivity index (χ1n) is 12.9. The number of likely N-dealkylation sites (tertiary alicyclic amines) is 1. The standard InChI is InChI=1S/C29H28F2N4O2/c1-2-26(36)34-15-29(16-34)12-19(13-29)27-21-11-24-18(14-32-33-24)9-25(21)35(20-3-4-22(30)23(31)10-20)28(27)17-5-7-37-8-6-17/h2-4,9-11,14,17,19H,1,5-8,12-13,15-16H2,(H,32,33). The molecule has 6 nitrogen and oxygen atoms in total. The summed E-state index contributed by atoms with van der Waals surface area (Å²) in [6, 6.07) is 8.43. The minimum atomic E-state index is -0.854. The molecule has 4 aromatic rings. The van der Waals surface area contributed by atoms with Gasteiger partial charge in [-0.1, -0.05) is 6.58 Å². The van der Waals surface area contributed by atoms with E-state index in [9.17, 15) is 13.6 Å². The van der Waals surface area contributed by atoms with Gasteiger partial charge in [-0.05, 0) is 67.5 Å². The van der Waals surface area contributed by atoms with Gasteiger partial charge < -0.3 is 14.2 Å². The molecule has 1 aliphatic carbocycles. The molecular formula is C29H28F2N4O2. The van der Waals surface area contributed by atoms with Crippen LogP contribution in [0.5, 0.6) is 0 Å². The fourth-order valence-corrected chi connectivity index (χ4v) is 6.97. The molecule has 2 aromatic heterocycles. The summed E-state index contributed by atoms with van der Waals surface area (Å²) in [4.78, 5) is 13.9. The number of benzene rings is 2. The average molecular weight is 503 g/mol.